The molecule has 3 nitrogen and oxygen atoms in total. The number of thioether (sulfide) groups is 1. The summed E-state index contributed by atoms with van der Waals surface area (Å²) in [6, 6.07) is 6.09. The number of methoxy groups -OCH3 is 1. The second kappa shape index (κ2) is 7.65. The molecule has 1 rings (SSSR count). The molecular formula is C12H20N2OS. The van der Waals surface area contributed by atoms with E-state index in [9.17, 15) is 0 Å². The number of nitrogens with zero attached hydrogens (tertiary/aromatic N) is 1. The quantitative estimate of drug-likeness (QED) is 0.743. The first-order valence-electron chi connectivity index (χ1n) is 5.52. The van der Waals surface area contributed by atoms with E-state index >= 15 is 0 Å². The van der Waals surface area contributed by atoms with Crippen molar-refractivity contribution in [2.45, 2.75) is 24.6 Å². The zero-order valence-corrected chi connectivity index (χ0v) is 10.7. The molecular weight excluding hydrogens is 220 g/mol. The molecule has 2 unspecified atom stereocenters. The first-order valence-corrected chi connectivity index (χ1v) is 6.57. The Kier molecular flexibility index (Phi) is 6.45. The molecule has 16 heavy (non-hydrogen) atoms. The third-order valence-electron chi connectivity index (χ3n) is 2.25. The molecule has 0 aliphatic carbocycles. The van der Waals surface area contributed by atoms with Crippen LogP contribution >= 0.6 is 11.8 Å². The van der Waals surface area contributed by atoms with Crippen molar-refractivity contribution < 1.29 is 4.74 Å². The van der Waals surface area contributed by atoms with E-state index < -0.39 is 0 Å². The normalized spacial score (nSPS) is 14.7. The third-order valence-corrected chi connectivity index (χ3v) is 3.80. The van der Waals surface area contributed by atoms with Gasteiger partial charge in [0.25, 0.3) is 0 Å². The van der Waals surface area contributed by atoms with E-state index in [1.165, 1.54) is 0 Å². The number of hydrogen-bond acceptors (Lipinski definition) is 4. The lowest BCUT2D eigenvalue weighted by Crippen LogP contribution is -2.23. The van der Waals surface area contributed by atoms with Crippen molar-refractivity contribution >= 4 is 11.8 Å². The molecule has 0 aromatic carbocycles. The van der Waals surface area contributed by atoms with Crippen molar-refractivity contribution in [1.29, 1.82) is 0 Å². The lowest BCUT2D eigenvalue weighted by molar-refractivity contribution is 0.200. The molecule has 1 aromatic heterocycles. The van der Waals surface area contributed by atoms with E-state index in [0.29, 0.717) is 0 Å². The molecule has 0 saturated heterocycles. The van der Waals surface area contributed by atoms with Crippen LogP contribution in [0, 0.1) is 0 Å². The monoisotopic (exact) mass is 240 g/mol. The van der Waals surface area contributed by atoms with Crippen LogP contribution in [0.5, 0.6) is 0 Å². The molecule has 0 aliphatic rings. The van der Waals surface area contributed by atoms with E-state index in [1.54, 1.807) is 7.11 Å². The predicted octanol–water partition coefficient (Wildman–Crippen LogP) is 2.24. The van der Waals surface area contributed by atoms with Crippen LogP contribution in [0.3, 0.4) is 0 Å². The third kappa shape index (κ3) is 4.51. The highest BCUT2D eigenvalue weighted by molar-refractivity contribution is 7.99. The summed E-state index contributed by atoms with van der Waals surface area (Å²) in [5.41, 5.74) is 7.06. The number of hydrogen-bond donors (Lipinski definition) is 1. The average Bonchev–Trinajstić information content (AvgIpc) is 2.30. The molecule has 0 fully saturated rings. The Morgan fingerprint density at radius 3 is 2.88 bits per heavy atom. The standard InChI is InChI=1S/C12H20N2OS/c1-10(13)12(16-9-5-8-15-2)11-6-3-4-7-14-11/h3-4,6-7,10,12H,5,8-9,13H2,1-2H3. The minimum Gasteiger partial charge on any atom is -0.385 e. The van der Waals surface area contributed by atoms with Gasteiger partial charge in [0, 0.05) is 26.0 Å². The van der Waals surface area contributed by atoms with Crippen LogP contribution in [-0.2, 0) is 4.74 Å². The maximum Gasteiger partial charge on any atom is 0.0618 e. The van der Waals surface area contributed by atoms with Gasteiger partial charge in [-0.15, -0.1) is 0 Å². The van der Waals surface area contributed by atoms with Gasteiger partial charge in [-0.05, 0) is 31.2 Å². The summed E-state index contributed by atoms with van der Waals surface area (Å²) in [7, 11) is 1.73. The maximum atomic E-state index is 5.99. The molecule has 90 valence electrons. The minimum atomic E-state index is 0.113. The number of nitrogens with two attached hydrogens (primary N) is 1. The van der Waals surface area contributed by atoms with Gasteiger partial charge in [-0.3, -0.25) is 4.98 Å². The van der Waals surface area contributed by atoms with Crippen LogP contribution in [-0.4, -0.2) is 30.5 Å². The first-order chi connectivity index (χ1) is 7.75. The number of aromatic nitrogens is 1. The fourth-order valence-electron chi connectivity index (χ4n) is 1.46. The maximum absolute atomic E-state index is 5.99. The summed E-state index contributed by atoms with van der Waals surface area (Å²) in [4.78, 5) is 4.37. The molecule has 4 heteroatoms. The second-order valence-corrected chi connectivity index (χ2v) is 5.00. The van der Waals surface area contributed by atoms with Crippen molar-refractivity contribution in [3.05, 3.63) is 30.1 Å². The van der Waals surface area contributed by atoms with Crippen LogP contribution in [0.1, 0.15) is 24.3 Å². The lowest BCUT2D eigenvalue weighted by atomic mass is 10.2. The van der Waals surface area contributed by atoms with Gasteiger partial charge in [0.2, 0.25) is 0 Å². The largest absolute Gasteiger partial charge is 0.385 e. The van der Waals surface area contributed by atoms with Crippen LogP contribution < -0.4 is 5.73 Å². The van der Waals surface area contributed by atoms with Crippen LogP contribution in [0.25, 0.3) is 0 Å². The van der Waals surface area contributed by atoms with Gasteiger partial charge >= 0.3 is 0 Å². The van der Waals surface area contributed by atoms with Crippen molar-refractivity contribution in [3.63, 3.8) is 0 Å². The molecule has 0 spiro atoms. The smallest absolute Gasteiger partial charge is 0.0618 e. The summed E-state index contributed by atoms with van der Waals surface area (Å²) in [5, 5.41) is 0.276. The van der Waals surface area contributed by atoms with E-state index in [1.807, 2.05) is 43.1 Å². The van der Waals surface area contributed by atoms with Crippen LogP contribution in [0.4, 0.5) is 0 Å². The van der Waals surface area contributed by atoms with Crippen molar-refractivity contribution in [2.24, 2.45) is 5.73 Å². The summed E-state index contributed by atoms with van der Waals surface area (Å²) >= 11 is 1.86. The molecule has 0 amide bonds. The Labute approximate surface area is 102 Å². The van der Waals surface area contributed by atoms with Gasteiger partial charge in [0.1, 0.15) is 0 Å². The highest BCUT2D eigenvalue weighted by Gasteiger charge is 2.17. The molecule has 2 atom stereocenters. The zero-order valence-electron chi connectivity index (χ0n) is 9.93. The van der Waals surface area contributed by atoms with Gasteiger partial charge in [0.05, 0.1) is 10.9 Å². The Morgan fingerprint density at radius 2 is 2.31 bits per heavy atom. The first kappa shape index (κ1) is 13.5. The topological polar surface area (TPSA) is 48.1 Å². The summed E-state index contributed by atoms with van der Waals surface area (Å²) < 4.78 is 5.03. The highest BCUT2D eigenvalue weighted by Crippen LogP contribution is 2.30. The number of rotatable bonds is 7. The zero-order chi connectivity index (χ0) is 11.8. The minimum absolute atomic E-state index is 0.113. The van der Waals surface area contributed by atoms with E-state index in [4.69, 9.17) is 10.5 Å². The van der Waals surface area contributed by atoms with Crippen molar-refractivity contribution in [2.75, 3.05) is 19.5 Å². The summed E-state index contributed by atoms with van der Waals surface area (Å²) in [6.45, 7) is 2.84. The number of ether oxygens (including phenoxy) is 1. The lowest BCUT2D eigenvalue weighted by Gasteiger charge is -2.19. The Bertz CT molecular complexity index is 280. The molecule has 0 radical (unpaired) electrons. The fourth-order valence-corrected chi connectivity index (χ4v) is 2.62. The molecule has 2 N–H and O–H groups in total. The van der Waals surface area contributed by atoms with Gasteiger partial charge in [-0.1, -0.05) is 6.07 Å². The fraction of sp³-hybridized carbons (Fsp3) is 0.583. The van der Waals surface area contributed by atoms with Crippen LogP contribution in [0.2, 0.25) is 0 Å². The van der Waals surface area contributed by atoms with E-state index in [0.717, 1.165) is 24.5 Å². The van der Waals surface area contributed by atoms with Crippen LogP contribution in [0.15, 0.2) is 24.4 Å². The summed E-state index contributed by atoms with van der Waals surface area (Å²) in [5.74, 6) is 1.05. The molecule has 1 aromatic rings. The predicted molar refractivity (Wildman–Crippen MR) is 69.6 cm³/mol. The second-order valence-electron chi connectivity index (χ2n) is 3.75. The van der Waals surface area contributed by atoms with Crippen molar-refractivity contribution in [1.82, 2.24) is 4.98 Å². The molecule has 0 bridgehead atoms. The number of pyridine rings is 1. The van der Waals surface area contributed by atoms with Crippen molar-refractivity contribution in [3.8, 4) is 0 Å². The van der Waals surface area contributed by atoms with Gasteiger partial charge in [-0.25, -0.2) is 0 Å². The van der Waals surface area contributed by atoms with E-state index in [2.05, 4.69) is 4.98 Å². The highest BCUT2D eigenvalue weighted by atomic mass is 32.2. The molecule has 1 heterocycles. The molecule has 0 saturated carbocycles. The SMILES string of the molecule is COCCCSC(c1ccccn1)C(C)N. The Morgan fingerprint density at radius 1 is 1.50 bits per heavy atom. The molecule has 0 aliphatic heterocycles. The van der Waals surface area contributed by atoms with Gasteiger partial charge in [0.15, 0.2) is 0 Å². The summed E-state index contributed by atoms with van der Waals surface area (Å²) in [6.07, 6.45) is 2.87. The Hall–Kier alpha value is -0.580. The Balaban J connectivity index is 2.49. The average molecular weight is 240 g/mol. The van der Waals surface area contributed by atoms with Gasteiger partial charge < -0.3 is 10.5 Å². The van der Waals surface area contributed by atoms with E-state index in [-0.39, 0.29) is 11.3 Å². The van der Waals surface area contributed by atoms with Gasteiger partial charge in [-0.2, -0.15) is 11.8 Å².